The first-order chi connectivity index (χ1) is 9.72. The second-order valence-corrected chi connectivity index (χ2v) is 7.17. The van der Waals surface area contributed by atoms with Crippen LogP contribution < -0.4 is 0 Å². The van der Waals surface area contributed by atoms with E-state index in [1.165, 1.54) is 0 Å². The monoisotopic (exact) mass is 300 g/mol. The third kappa shape index (κ3) is 3.00. The van der Waals surface area contributed by atoms with Gasteiger partial charge < -0.3 is 0 Å². The molecule has 0 unspecified atom stereocenters. The normalized spacial score (nSPS) is 23.6. The summed E-state index contributed by atoms with van der Waals surface area (Å²) in [5.41, 5.74) is 1.91. The number of hydrogen-bond donors (Lipinski definition) is 0. The molecule has 102 valence electrons. The van der Waals surface area contributed by atoms with Gasteiger partial charge in [0, 0.05) is 20.9 Å². The van der Waals surface area contributed by atoms with Crippen LogP contribution in [0.25, 0.3) is 12.2 Å². The van der Waals surface area contributed by atoms with Crippen LogP contribution in [0.5, 0.6) is 0 Å². The molecule has 0 N–H and O–H groups in total. The van der Waals surface area contributed by atoms with E-state index in [1.807, 2.05) is 22.9 Å². The fourth-order valence-electron chi connectivity index (χ4n) is 2.55. The van der Waals surface area contributed by atoms with Gasteiger partial charge in [-0.3, -0.25) is 4.79 Å². The average Bonchev–Trinajstić information content (AvgIpc) is 3.08. The van der Waals surface area contributed by atoms with E-state index < -0.39 is 0 Å². The van der Waals surface area contributed by atoms with Crippen molar-refractivity contribution in [3.8, 4) is 0 Å². The molecule has 2 heterocycles. The van der Waals surface area contributed by atoms with Crippen LogP contribution in [0.3, 0.4) is 0 Å². The van der Waals surface area contributed by atoms with Gasteiger partial charge in [0.25, 0.3) is 0 Å². The van der Waals surface area contributed by atoms with E-state index in [-0.39, 0.29) is 5.78 Å². The Morgan fingerprint density at radius 2 is 1.50 bits per heavy atom. The van der Waals surface area contributed by atoms with Crippen LogP contribution in [0.15, 0.2) is 46.2 Å². The van der Waals surface area contributed by atoms with Crippen molar-refractivity contribution in [2.75, 3.05) is 0 Å². The van der Waals surface area contributed by atoms with Crippen LogP contribution >= 0.6 is 22.7 Å². The second kappa shape index (κ2) is 5.90. The average molecular weight is 300 g/mol. The summed E-state index contributed by atoms with van der Waals surface area (Å²) in [6.45, 7) is 2.22. The molecule has 0 radical (unpaired) electrons. The summed E-state index contributed by atoms with van der Waals surface area (Å²) in [5, 5.41) is 4.09. The van der Waals surface area contributed by atoms with Crippen molar-refractivity contribution >= 4 is 40.6 Å². The molecule has 2 aromatic rings. The first-order valence-electron chi connectivity index (χ1n) is 6.75. The van der Waals surface area contributed by atoms with Gasteiger partial charge in [0.15, 0.2) is 5.78 Å². The van der Waals surface area contributed by atoms with E-state index in [2.05, 4.69) is 31.2 Å². The Bertz CT molecular complexity index is 589. The van der Waals surface area contributed by atoms with Gasteiger partial charge in [-0.2, -0.15) is 0 Å². The molecule has 1 fully saturated rings. The van der Waals surface area contributed by atoms with Crippen molar-refractivity contribution in [2.45, 2.75) is 19.8 Å². The minimum absolute atomic E-state index is 0.227. The summed E-state index contributed by atoms with van der Waals surface area (Å²) >= 11 is 3.36. The van der Waals surface area contributed by atoms with Crippen LogP contribution in [0.2, 0.25) is 0 Å². The Morgan fingerprint density at radius 1 is 1.00 bits per heavy atom. The Kier molecular flexibility index (Phi) is 3.99. The molecule has 1 aliphatic rings. The van der Waals surface area contributed by atoms with E-state index in [0.717, 1.165) is 33.7 Å². The highest BCUT2D eigenvalue weighted by Gasteiger charge is 2.25. The number of carbonyl (C=O) groups excluding carboxylic acids is 1. The predicted octanol–water partition coefficient (Wildman–Crippen LogP) is 5.28. The summed E-state index contributed by atoms with van der Waals surface area (Å²) in [6, 6.07) is 8.17. The number of hydrogen-bond acceptors (Lipinski definition) is 3. The quantitative estimate of drug-likeness (QED) is 0.690. The van der Waals surface area contributed by atoms with Crippen LogP contribution in [-0.2, 0) is 4.79 Å². The zero-order valence-electron chi connectivity index (χ0n) is 11.3. The molecule has 20 heavy (non-hydrogen) atoms. The molecule has 1 aliphatic carbocycles. The topological polar surface area (TPSA) is 17.1 Å². The second-order valence-electron chi connectivity index (χ2n) is 5.21. The highest BCUT2D eigenvalue weighted by atomic mass is 32.1. The molecule has 0 aliphatic heterocycles. The van der Waals surface area contributed by atoms with Gasteiger partial charge in [0.2, 0.25) is 0 Å². The molecule has 3 heteroatoms. The third-order valence-electron chi connectivity index (χ3n) is 3.44. The molecule has 0 saturated heterocycles. The van der Waals surface area contributed by atoms with Crippen molar-refractivity contribution < 1.29 is 4.79 Å². The number of carbonyl (C=O) groups is 1. The fraction of sp³-hybridized carbons (Fsp3) is 0.235. The van der Waals surface area contributed by atoms with E-state index in [1.54, 1.807) is 22.7 Å². The Morgan fingerprint density at radius 3 is 1.90 bits per heavy atom. The molecule has 0 aromatic carbocycles. The molecule has 0 amide bonds. The number of rotatable bonds is 2. The molecule has 1 saturated carbocycles. The predicted molar refractivity (Wildman–Crippen MR) is 88.0 cm³/mol. The van der Waals surface area contributed by atoms with Gasteiger partial charge in [-0.25, -0.2) is 0 Å². The summed E-state index contributed by atoms with van der Waals surface area (Å²) in [4.78, 5) is 14.9. The number of allylic oxidation sites excluding steroid dienone is 2. The van der Waals surface area contributed by atoms with E-state index in [9.17, 15) is 4.79 Å². The maximum atomic E-state index is 12.6. The Hall–Kier alpha value is -1.45. The van der Waals surface area contributed by atoms with Gasteiger partial charge in [-0.05, 0) is 53.8 Å². The smallest absolute Gasteiger partial charge is 0.185 e. The number of Topliss-reactive ketones (excluding diaryl/α,β-unsaturated/α-hetero) is 1. The van der Waals surface area contributed by atoms with Crippen molar-refractivity contribution in [3.05, 3.63) is 55.9 Å². The van der Waals surface area contributed by atoms with Crippen LogP contribution in [0, 0.1) is 5.92 Å². The van der Waals surface area contributed by atoms with E-state index in [4.69, 9.17) is 0 Å². The SMILES string of the molecule is CC1C/C(=C\c2cccs2)C(=O)/C(=C/c2cccs2)C1. The standard InChI is InChI=1S/C17H16OS2/c1-12-8-13(10-15-4-2-6-19-15)17(18)14(9-12)11-16-5-3-7-20-16/h2-7,10-12H,8-9H2,1H3/b13-10+,14-11+. The molecule has 2 aromatic heterocycles. The zero-order chi connectivity index (χ0) is 13.9. The highest BCUT2D eigenvalue weighted by Crippen LogP contribution is 2.33. The van der Waals surface area contributed by atoms with Crippen molar-refractivity contribution in [3.63, 3.8) is 0 Å². The highest BCUT2D eigenvalue weighted by molar-refractivity contribution is 7.11. The van der Waals surface area contributed by atoms with Gasteiger partial charge >= 0.3 is 0 Å². The van der Waals surface area contributed by atoms with E-state index >= 15 is 0 Å². The third-order valence-corrected chi connectivity index (χ3v) is 5.08. The molecule has 0 spiro atoms. The minimum Gasteiger partial charge on any atom is -0.289 e. The molecular formula is C17H16OS2. The Labute approximate surface area is 127 Å². The summed E-state index contributed by atoms with van der Waals surface area (Å²) < 4.78 is 0. The summed E-state index contributed by atoms with van der Waals surface area (Å²) in [7, 11) is 0. The molecule has 1 nitrogen and oxygen atoms in total. The number of ketones is 1. The molecular weight excluding hydrogens is 284 g/mol. The molecule has 0 bridgehead atoms. The maximum Gasteiger partial charge on any atom is 0.185 e. The van der Waals surface area contributed by atoms with Crippen LogP contribution in [-0.4, -0.2) is 5.78 Å². The lowest BCUT2D eigenvalue weighted by Gasteiger charge is -2.22. The maximum absolute atomic E-state index is 12.6. The van der Waals surface area contributed by atoms with Crippen molar-refractivity contribution in [1.29, 1.82) is 0 Å². The molecule has 0 atom stereocenters. The first-order valence-corrected chi connectivity index (χ1v) is 8.51. The minimum atomic E-state index is 0.227. The lowest BCUT2D eigenvalue weighted by atomic mass is 9.81. The van der Waals surface area contributed by atoms with Gasteiger partial charge in [-0.1, -0.05) is 19.1 Å². The zero-order valence-corrected chi connectivity index (χ0v) is 13.0. The molecule has 3 rings (SSSR count). The van der Waals surface area contributed by atoms with Crippen LogP contribution in [0.1, 0.15) is 29.5 Å². The number of thiophene rings is 2. The first kappa shape index (κ1) is 13.5. The summed E-state index contributed by atoms with van der Waals surface area (Å²) in [6.07, 6.45) is 5.90. The van der Waals surface area contributed by atoms with Gasteiger partial charge in [0.05, 0.1) is 0 Å². The van der Waals surface area contributed by atoms with Gasteiger partial charge in [-0.15, -0.1) is 22.7 Å². The Balaban J connectivity index is 1.92. The van der Waals surface area contributed by atoms with Crippen molar-refractivity contribution in [1.82, 2.24) is 0 Å². The summed E-state index contributed by atoms with van der Waals surface area (Å²) in [5.74, 6) is 0.759. The van der Waals surface area contributed by atoms with Crippen LogP contribution in [0.4, 0.5) is 0 Å². The van der Waals surface area contributed by atoms with E-state index in [0.29, 0.717) is 5.92 Å². The lowest BCUT2D eigenvalue weighted by Crippen LogP contribution is -2.17. The van der Waals surface area contributed by atoms with Gasteiger partial charge in [0.1, 0.15) is 0 Å². The van der Waals surface area contributed by atoms with Crippen molar-refractivity contribution in [2.24, 2.45) is 5.92 Å². The fourth-order valence-corrected chi connectivity index (χ4v) is 3.92. The lowest BCUT2D eigenvalue weighted by molar-refractivity contribution is -0.113. The largest absolute Gasteiger partial charge is 0.289 e.